The number of nitrogens with two attached hydrogens (primary N) is 3. The molecule has 12 atom stereocenters. The number of hydrogen-bond donors (Lipinski definition) is 17. The predicted molar refractivity (Wildman–Crippen MR) is 326 cm³/mol. The van der Waals surface area contributed by atoms with Crippen LogP contribution in [-0.2, 0) is 67.1 Å². The van der Waals surface area contributed by atoms with E-state index in [1.165, 1.54) is 0 Å². The van der Waals surface area contributed by atoms with E-state index in [1.54, 1.807) is 0 Å². The summed E-state index contributed by atoms with van der Waals surface area (Å²) in [5.41, 5.74) is 16.1. The van der Waals surface area contributed by atoms with Crippen molar-refractivity contribution < 1.29 is 87.5 Å². The lowest BCUT2D eigenvalue weighted by Gasteiger charge is -2.29. The van der Waals surface area contributed by atoms with Crippen LogP contribution in [0.1, 0.15) is 202 Å². The molecular formula is C59H103N13O18. The lowest BCUT2D eigenvalue weighted by atomic mass is 10.0. The van der Waals surface area contributed by atoms with Crippen LogP contribution in [0, 0.1) is 0 Å². The third-order valence-corrected chi connectivity index (χ3v) is 14.9. The van der Waals surface area contributed by atoms with Gasteiger partial charge in [-0.25, -0.2) is 0 Å². The molecule has 0 aromatic rings. The molecule has 0 spiro atoms. The minimum Gasteiger partial charge on any atom is -0.393 e. The van der Waals surface area contributed by atoms with Crippen molar-refractivity contribution in [3.05, 3.63) is 0 Å². The third-order valence-electron chi connectivity index (χ3n) is 14.9. The van der Waals surface area contributed by atoms with Gasteiger partial charge in [-0.15, -0.1) is 0 Å². The smallest absolute Gasteiger partial charge is 0.246 e. The number of Topliss-reactive ketones (excluding diaryl/α,β-unsaturated/α-hetero) is 1. The Hall–Kier alpha value is -7.38. The number of aliphatic hydroxyl groups is 4. The standard InChI is InChI=1S/C59H103N13O18/c1-6-8-10-12-13-15-20-24-38(76)26-27-40-53(84)64-33-48(81)63-29-28-47(80)66-39(25-21-17-14-16-19-23-37(75)22-18-11-9-7-2)54(85)69-43(32-46(61)79)56(87)70-42(31-45(60)78)55(86)65-34(3)52(83)68-41(30-44(77)51(62)82)57(88)71-50(36(5)74)59(90)72-49(35(4)73)58(89)67-40/h34-36,38-44,49-50,73-74,76-77H,6-33H2,1-5H3,(H2,60,78)(H2,61,79)(H2,62,82)(H,63,81)(H,64,84)(H,65,86)(H,66,80)(H,67,89)(H,68,83)(H,69,85)(H,70,87)(H,71,88)(H,72,90)/t34-,35-,36-,38-,39-,40+,41+,42-,43+,44+,49+,50-/m0/s1. The first-order chi connectivity index (χ1) is 42.5. The van der Waals surface area contributed by atoms with Crippen molar-refractivity contribution in [2.75, 3.05) is 13.1 Å². The minimum absolute atomic E-state index is 0.0345. The molecule has 1 saturated heterocycles. The fraction of sp³-hybridized carbons (Fsp3) is 0.763. The molecular weight excluding hydrogens is 1180 g/mol. The SMILES string of the molecule is CCCCCCCCC[C@H](O)CC[C@H]1NC(=O)[C@@H]([C@H](C)O)NC(=O)[C@H]([C@H](C)O)NC(=O)[C@@H](C[C@@H](O)C(N)=O)NC(=O)[C@H](C)NC(=O)[C@H](CC(N)=O)NC(=O)[C@@H](CC(N)=O)NC(=O)[C@H](CCCCCCCC(=O)CCCCCC)NC(=O)CCNC(=O)CNC1=O. The van der Waals surface area contributed by atoms with Crippen LogP contribution in [0.15, 0.2) is 0 Å². The van der Waals surface area contributed by atoms with Gasteiger partial charge >= 0.3 is 0 Å². The first kappa shape index (κ1) is 80.6. The van der Waals surface area contributed by atoms with E-state index in [0.29, 0.717) is 57.8 Å². The average molecular weight is 1280 g/mol. The molecule has 1 fully saturated rings. The van der Waals surface area contributed by atoms with Crippen LogP contribution < -0.4 is 70.4 Å². The molecule has 0 aromatic heterocycles. The normalized spacial score (nSPS) is 23.4. The summed E-state index contributed by atoms with van der Waals surface area (Å²) in [4.78, 5) is 187. The molecule has 20 N–H and O–H groups in total. The molecule has 0 bridgehead atoms. The summed E-state index contributed by atoms with van der Waals surface area (Å²) in [5, 5.41) is 66.0. The number of hydrogen-bond acceptors (Lipinski definition) is 18. The van der Waals surface area contributed by atoms with Gasteiger partial charge in [0.1, 0.15) is 60.2 Å². The molecule has 31 nitrogen and oxygen atoms in total. The Morgan fingerprint density at radius 1 is 0.456 bits per heavy atom. The van der Waals surface area contributed by atoms with Gasteiger partial charge < -0.3 is 90.8 Å². The minimum atomic E-state index is -2.15. The van der Waals surface area contributed by atoms with E-state index < -0.39 is 182 Å². The maximum absolute atomic E-state index is 14.1. The number of primary amides is 3. The topological polar surface area (TPSA) is 518 Å². The van der Waals surface area contributed by atoms with Crippen LogP contribution in [0.2, 0.25) is 0 Å². The van der Waals surface area contributed by atoms with Gasteiger partial charge in [0, 0.05) is 32.2 Å². The molecule has 90 heavy (non-hydrogen) atoms. The number of amides is 13. The molecule has 0 aromatic carbocycles. The largest absolute Gasteiger partial charge is 0.393 e. The van der Waals surface area contributed by atoms with Gasteiger partial charge in [-0.3, -0.25) is 67.1 Å². The van der Waals surface area contributed by atoms with E-state index in [-0.39, 0.29) is 31.6 Å². The predicted octanol–water partition coefficient (Wildman–Crippen LogP) is -3.18. The zero-order chi connectivity index (χ0) is 67.9. The first-order valence-corrected chi connectivity index (χ1v) is 31.6. The quantitative estimate of drug-likeness (QED) is 0.0288. The second-order valence-corrected chi connectivity index (χ2v) is 23.2. The highest BCUT2D eigenvalue weighted by Crippen LogP contribution is 2.16. The van der Waals surface area contributed by atoms with Crippen LogP contribution in [0.3, 0.4) is 0 Å². The van der Waals surface area contributed by atoms with Gasteiger partial charge in [-0.05, 0) is 59.3 Å². The molecule has 512 valence electrons. The number of ketones is 1. The molecule has 0 aliphatic carbocycles. The van der Waals surface area contributed by atoms with Crippen LogP contribution >= 0.6 is 0 Å². The highest BCUT2D eigenvalue weighted by atomic mass is 16.3. The van der Waals surface area contributed by atoms with Crippen molar-refractivity contribution in [3.63, 3.8) is 0 Å². The fourth-order valence-electron chi connectivity index (χ4n) is 9.57. The van der Waals surface area contributed by atoms with Crippen molar-refractivity contribution >= 4 is 82.6 Å². The molecule has 13 amide bonds. The maximum atomic E-state index is 14.1. The van der Waals surface area contributed by atoms with Gasteiger partial charge in [0.2, 0.25) is 76.8 Å². The molecule has 1 heterocycles. The van der Waals surface area contributed by atoms with Crippen molar-refractivity contribution in [3.8, 4) is 0 Å². The van der Waals surface area contributed by atoms with Gasteiger partial charge in [0.05, 0.1) is 37.7 Å². The van der Waals surface area contributed by atoms with Crippen molar-refractivity contribution in [1.82, 2.24) is 53.2 Å². The summed E-state index contributed by atoms with van der Waals surface area (Å²) < 4.78 is 0. The van der Waals surface area contributed by atoms with Crippen molar-refractivity contribution in [2.24, 2.45) is 17.2 Å². The first-order valence-electron chi connectivity index (χ1n) is 31.6. The highest BCUT2D eigenvalue weighted by molar-refractivity contribution is 6.00. The van der Waals surface area contributed by atoms with E-state index in [2.05, 4.69) is 67.0 Å². The average Bonchev–Trinajstić information content (AvgIpc) is 2.80. The summed E-state index contributed by atoms with van der Waals surface area (Å²) in [6.07, 6.45) is 4.56. The highest BCUT2D eigenvalue weighted by Gasteiger charge is 2.38. The molecule has 0 radical (unpaired) electrons. The summed E-state index contributed by atoms with van der Waals surface area (Å²) in [5.74, 6) is -14.8. The van der Waals surface area contributed by atoms with Gasteiger partial charge in [-0.1, -0.05) is 104 Å². The van der Waals surface area contributed by atoms with Crippen molar-refractivity contribution in [1.29, 1.82) is 0 Å². The number of nitrogens with one attached hydrogen (secondary N) is 10. The Morgan fingerprint density at radius 2 is 0.889 bits per heavy atom. The van der Waals surface area contributed by atoms with Gasteiger partial charge in [0.15, 0.2) is 0 Å². The fourth-order valence-corrected chi connectivity index (χ4v) is 9.57. The number of aliphatic hydroxyl groups excluding tert-OH is 4. The van der Waals surface area contributed by atoms with Crippen LogP contribution in [0.4, 0.5) is 0 Å². The molecule has 31 heteroatoms. The Labute approximate surface area is 526 Å². The van der Waals surface area contributed by atoms with Crippen LogP contribution in [0.5, 0.6) is 0 Å². The molecule has 0 saturated carbocycles. The summed E-state index contributed by atoms with van der Waals surface area (Å²) in [6.45, 7) is 6.27. The van der Waals surface area contributed by atoms with E-state index in [9.17, 15) is 87.5 Å². The van der Waals surface area contributed by atoms with E-state index in [4.69, 9.17) is 17.2 Å². The number of unbranched alkanes of at least 4 members (excludes halogenated alkanes) is 13. The Balaban J connectivity index is 3.79. The second-order valence-electron chi connectivity index (χ2n) is 23.2. The van der Waals surface area contributed by atoms with Crippen molar-refractivity contribution in [2.45, 2.75) is 274 Å². The second kappa shape index (κ2) is 45.0. The lowest BCUT2D eigenvalue weighted by molar-refractivity contribution is -0.139. The Kier molecular flexibility index (Phi) is 40.3. The Bertz CT molecular complexity index is 2360. The monoisotopic (exact) mass is 1280 g/mol. The summed E-state index contributed by atoms with van der Waals surface area (Å²) in [7, 11) is 0. The third kappa shape index (κ3) is 34.6. The van der Waals surface area contributed by atoms with Gasteiger partial charge in [-0.2, -0.15) is 0 Å². The lowest BCUT2D eigenvalue weighted by Crippen LogP contribution is -2.63. The zero-order valence-electron chi connectivity index (χ0n) is 53.0. The zero-order valence-corrected chi connectivity index (χ0v) is 53.0. The van der Waals surface area contributed by atoms with Crippen LogP contribution in [-0.4, -0.2) is 189 Å². The number of carbonyl (C=O) groups excluding carboxylic acids is 14. The van der Waals surface area contributed by atoms with Gasteiger partial charge in [0.25, 0.3) is 0 Å². The van der Waals surface area contributed by atoms with E-state index >= 15 is 0 Å². The molecule has 1 aliphatic rings. The molecule has 1 aliphatic heterocycles. The van der Waals surface area contributed by atoms with E-state index in [0.717, 1.165) is 85.0 Å². The Morgan fingerprint density at radius 3 is 1.42 bits per heavy atom. The number of carbonyl (C=O) groups is 14. The maximum Gasteiger partial charge on any atom is 0.246 e. The molecule has 0 unspecified atom stereocenters. The van der Waals surface area contributed by atoms with E-state index in [1.807, 2.05) is 0 Å². The van der Waals surface area contributed by atoms with Crippen LogP contribution in [0.25, 0.3) is 0 Å². The number of rotatable bonds is 33. The summed E-state index contributed by atoms with van der Waals surface area (Å²) >= 11 is 0. The molecule has 1 rings (SSSR count). The summed E-state index contributed by atoms with van der Waals surface area (Å²) in [6, 6.07) is -14.4.